The first-order chi connectivity index (χ1) is 14.6. The van der Waals surface area contributed by atoms with Crippen molar-refractivity contribution in [3.63, 3.8) is 0 Å². The zero-order chi connectivity index (χ0) is 20.8. The van der Waals surface area contributed by atoms with Crippen molar-refractivity contribution in [3.8, 4) is 5.75 Å². The van der Waals surface area contributed by atoms with Gasteiger partial charge in [0.2, 0.25) is 0 Å². The summed E-state index contributed by atoms with van der Waals surface area (Å²) < 4.78 is 11.4. The van der Waals surface area contributed by atoms with Gasteiger partial charge in [-0.2, -0.15) is 0 Å². The smallest absolute Gasteiger partial charge is 0.344 e. The maximum Gasteiger partial charge on any atom is 0.344 e. The van der Waals surface area contributed by atoms with E-state index in [0.29, 0.717) is 16.5 Å². The lowest BCUT2D eigenvalue weighted by molar-refractivity contribution is -0.432. The SMILES string of the molecule is CNC1=C([N+](=O)[O-])C(c2cccc3ccccc23)c2c(c3ccccc3oc2=O)O1. The van der Waals surface area contributed by atoms with Gasteiger partial charge in [0.1, 0.15) is 11.5 Å². The molecule has 1 atom stereocenters. The Kier molecular flexibility index (Phi) is 4.03. The molecule has 1 aliphatic rings. The number of benzene rings is 3. The number of rotatable bonds is 3. The molecule has 30 heavy (non-hydrogen) atoms. The third-order valence-electron chi connectivity index (χ3n) is 5.36. The molecular weight excluding hydrogens is 384 g/mol. The van der Waals surface area contributed by atoms with Crippen LogP contribution in [-0.4, -0.2) is 12.0 Å². The number of allylic oxidation sites excluding steroid dienone is 1. The minimum absolute atomic E-state index is 0.00110. The van der Waals surface area contributed by atoms with E-state index in [1.807, 2.05) is 36.4 Å². The normalized spacial score (nSPS) is 15.7. The van der Waals surface area contributed by atoms with Crippen molar-refractivity contribution in [2.45, 2.75) is 5.92 Å². The summed E-state index contributed by atoms with van der Waals surface area (Å²) in [5, 5.41) is 17.2. The first kappa shape index (κ1) is 17.9. The Labute approximate surface area is 170 Å². The molecule has 5 rings (SSSR count). The fourth-order valence-corrected chi connectivity index (χ4v) is 4.09. The van der Waals surface area contributed by atoms with E-state index in [-0.39, 0.29) is 22.9 Å². The fraction of sp³-hybridized carbons (Fsp3) is 0.0870. The molecule has 4 aromatic rings. The molecule has 0 amide bonds. The van der Waals surface area contributed by atoms with Crippen LogP contribution in [0.2, 0.25) is 0 Å². The van der Waals surface area contributed by atoms with Crippen LogP contribution in [0.5, 0.6) is 5.75 Å². The lowest BCUT2D eigenvalue weighted by Gasteiger charge is -2.26. The molecule has 148 valence electrons. The van der Waals surface area contributed by atoms with Crippen LogP contribution in [0.25, 0.3) is 21.7 Å². The molecule has 3 aromatic carbocycles. The van der Waals surface area contributed by atoms with Crippen LogP contribution in [0.15, 0.2) is 87.5 Å². The summed E-state index contributed by atoms with van der Waals surface area (Å²) in [5.74, 6) is -0.686. The van der Waals surface area contributed by atoms with E-state index < -0.39 is 16.5 Å². The van der Waals surface area contributed by atoms with E-state index in [1.165, 1.54) is 0 Å². The Bertz CT molecular complexity index is 1420. The van der Waals surface area contributed by atoms with E-state index in [2.05, 4.69) is 5.32 Å². The topological polar surface area (TPSA) is 94.6 Å². The summed E-state index contributed by atoms with van der Waals surface area (Å²) in [4.78, 5) is 24.7. The molecule has 1 aromatic heterocycles. The van der Waals surface area contributed by atoms with E-state index in [0.717, 1.165) is 10.8 Å². The van der Waals surface area contributed by atoms with Crippen LogP contribution in [0.4, 0.5) is 0 Å². The standard InChI is InChI=1S/C23H16N2O5/c1-24-22-20(25(27)28)18(15-11-6-8-13-7-2-3-9-14(13)15)19-21(30-22)16-10-4-5-12-17(16)29-23(19)26/h2-12,18,24H,1H3. The maximum atomic E-state index is 13.0. The number of nitrogens with one attached hydrogen (secondary N) is 1. The molecular formula is C23H16N2O5. The second-order valence-electron chi connectivity index (χ2n) is 6.95. The van der Waals surface area contributed by atoms with Crippen LogP contribution in [-0.2, 0) is 0 Å². The van der Waals surface area contributed by atoms with Crippen molar-refractivity contribution in [1.29, 1.82) is 0 Å². The molecule has 0 saturated carbocycles. The van der Waals surface area contributed by atoms with Crippen LogP contribution in [0.3, 0.4) is 0 Å². The van der Waals surface area contributed by atoms with Crippen molar-refractivity contribution in [2.75, 3.05) is 7.05 Å². The highest BCUT2D eigenvalue weighted by atomic mass is 16.6. The molecule has 0 radical (unpaired) electrons. The Morgan fingerprint density at radius 1 is 0.967 bits per heavy atom. The first-order valence-corrected chi connectivity index (χ1v) is 9.37. The zero-order valence-corrected chi connectivity index (χ0v) is 15.9. The third kappa shape index (κ3) is 2.56. The highest BCUT2D eigenvalue weighted by Gasteiger charge is 2.43. The van der Waals surface area contributed by atoms with Gasteiger partial charge in [-0.1, -0.05) is 54.6 Å². The fourth-order valence-electron chi connectivity index (χ4n) is 4.09. The van der Waals surface area contributed by atoms with Crippen LogP contribution in [0, 0.1) is 10.1 Å². The molecule has 0 saturated heterocycles. The Morgan fingerprint density at radius 3 is 2.43 bits per heavy atom. The molecule has 7 nitrogen and oxygen atoms in total. The van der Waals surface area contributed by atoms with Gasteiger partial charge in [-0.3, -0.25) is 10.1 Å². The summed E-state index contributed by atoms with van der Waals surface area (Å²) in [6.45, 7) is 0. The predicted octanol–water partition coefficient (Wildman–Crippen LogP) is 4.14. The molecule has 0 spiro atoms. The Balaban J connectivity index is 1.93. The summed E-state index contributed by atoms with van der Waals surface area (Å²) in [5.41, 5.74) is 0.230. The summed E-state index contributed by atoms with van der Waals surface area (Å²) in [6, 6.07) is 20.1. The number of nitro groups is 1. The van der Waals surface area contributed by atoms with Gasteiger partial charge in [0.15, 0.2) is 5.75 Å². The third-order valence-corrected chi connectivity index (χ3v) is 5.36. The van der Waals surface area contributed by atoms with Gasteiger partial charge in [-0.15, -0.1) is 0 Å². The largest absolute Gasteiger partial charge is 0.434 e. The summed E-state index contributed by atoms with van der Waals surface area (Å²) in [7, 11) is 1.55. The lowest BCUT2D eigenvalue weighted by Crippen LogP contribution is -2.31. The molecule has 1 aliphatic heterocycles. The average Bonchev–Trinajstić information content (AvgIpc) is 2.77. The van der Waals surface area contributed by atoms with Crippen molar-refractivity contribution >= 4 is 21.7 Å². The van der Waals surface area contributed by atoms with Crippen molar-refractivity contribution in [3.05, 3.63) is 110 Å². The highest BCUT2D eigenvalue weighted by Crippen LogP contribution is 2.45. The van der Waals surface area contributed by atoms with Gasteiger partial charge in [0, 0.05) is 7.05 Å². The number of hydrogen-bond donors (Lipinski definition) is 1. The zero-order valence-electron chi connectivity index (χ0n) is 15.9. The first-order valence-electron chi connectivity index (χ1n) is 9.37. The van der Waals surface area contributed by atoms with Gasteiger partial charge in [-0.05, 0) is 28.5 Å². The molecule has 0 bridgehead atoms. The second-order valence-corrected chi connectivity index (χ2v) is 6.95. The molecule has 1 N–H and O–H groups in total. The molecule has 2 heterocycles. The number of ether oxygens (including phenoxy) is 1. The minimum Gasteiger partial charge on any atom is -0.434 e. The van der Waals surface area contributed by atoms with Gasteiger partial charge >= 0.3 is 11.3 Å². The lowest BCUT2D eigenvalue weighted by atomic mass is 9.84. The van der Waals surface area contributed by atoms with Gasteiger partial charge < -0.3 is 14.5 Å². The average molecular weight is 400 g/mol. The van der Waals surface area contributed by atoms with Crippen molar-refractivity contribution < 1.29 is 14.1 Å². The van der Waals surface area contributed by atoms with Crippen LogP contribution in [0.1, 0.15) is 17.0 Å². The van der Waals surface area contributed by atoms with Gasteiger partial charge in [0.25, 0.3) is 5.88 Å². The quantitative estimate of drug-likeness (QED) is 0.316. The molecule has 0 aliphatic carbocycles. The monoisotopic (exact) mass is 400 g/mol. The second kappa shape index (κ2) is 6.73. The summed E-state index contributed by atoms with van der Waals surface area (Å²) in [6.07, 6.45) is 0. The van der Waals surface area contributed by atoms with Gasteiger partial charge in [-0.25, -0.2) is 4.79 Å². The Morgan fingerprint density at radius 2 is 1.67 bits per heavy atom. The number of para-hydroxylation sites is 1. The van der Waals surface area contributed by atoms with Crippen molar-refractivity contribution in [1.82, 2.24) is 5.32 Å². The van der Waals surface area contributed by atoms with E-state index in [9.17, 15) is 14.9 Å². The Hall–Kier alpha value is -4.13. The van der Waals surface area contributed by atoms with E-state index in [4.69, 9.17) is 9.15 Å². The predicted molar refractivity (Wildman–Crippen MR) is 112 cm³/mol. The molecule has 0 fully saturated rings. The van der Waals surface area contributed by atoms with Crippen LogP contribution >= 0.6 is 0 Å². The molecule has 7 heteroatoms. The number of hydrogen-bond acceptors (Lipinski definition) is 6. The van der Waals surface area contributed by atoms with Gasteiger partial charge in [0.05, 0.1) is 15.9 Å². The van der Waals surface area contributed by atoms with Crippen molar-refractivity contribution in [2.24, 2.45) is 0 Å². The van der Waals surface area contributed by atoms with E-state index in [1.54, 1.807) is 37.4 Å². The maximum absolute atomic E-state index is 13.0. The number of nitrogens with zero attached hydrogens (tertiary/aromatic N) is 1. The summed E-state index contributed by atoms with van der Waals surface area (Å²) >= 11 is 0. The highest BCUT2D eigenvalue weighted by molar-refractivity contribution is 5.89. The van der Waals surface area contributed by atoms with E-state index >= 15 is 0 Å². The minimum atomic E-state index is -0.960. The number of fused-ring (bicyclic) bond motifs is 4. The molecule has 1 unspecified atom stereocenters. The van der Waals surface area contributed by atoms with Crippen LogP contribution < -0.4 is 15.7 Å².